The van der Waals surface area contributed by atoms with Crippen LogP contribution in [0.2, 0.25) is 0 Å². The molecule has 1 aromatic carbocycles. The van der Waals surface area contributed by atoms with Crippen LogP contribution in [0.4, 0.5) is 0 Å². The molecule has 118 valence electrons. The van der Waals surface area contributed by atoms with Crippen molar-refractivity contribution >= 4 is 23.6 Å². The van der Waals surface area contributed by atoms with E-state index in [0.717, 1.165) is 17.0 Å². The Balaban J connectivity index is 2.00. The Morgan fingerprint density at radius 2 is 2.23 bits per heavy atom. The predicted molar refractivity (Wildman–Crippen MR) is 84.8 cm³/mol. The smallest absolute Gasteiger partial charge is 0.289 e. The van der Waals surface area contributed by atoms with Gasteiger partial charge in [0, 0.05) is 5.56 Å². The first-order valence-corrected chi connectivity index (χ1v) is 8.43. The minimum atomic E-state index is -0.331. The summed E-state index contributed by atoms with van der Waals surface area (Å²) in [6.45, 7) is 3.87. The molecule has 2 aliphatic heterocycles. The summed E-state index contributed by atoms with van der Waals surface area (Å²) in [6, 6.07) is 10.1. The van der Waals surface area contributed by atoms with Crippen molar-refractivity contribution in [1.82, 2.24) is 10.3 Å². The molecule has 2 heterocycles. The van der Waals surface area contributed by atoms with Crippen molar-refractivity contribution in [3.8, 4) is 0 Å². The Morgan fingerprint density at radius 1 is 1.50 bits per heavy atom. The van der Waals surface area contributed by atoms with Crippen LogP contribution in [0.5, 0.6) is 0 Å². The van der Waals surface area contributed by atoms with Gasteiger partial charge < -0.3 is 9.80 Å². The highest BCUT2D eigenvalue weighted by molar-refractivity contribution is 8.01. The Hall–Kier alpha value is -1.57. The van der Waals surface area contributed by atoms with Gasteiger partial charge >= 0.3 is 0 Å². The number of fused-ring (bicyclic) bond motifs is 1. The molecule has 7 heteroatoms. The fourth-order valence-electron chi connectivity index (χ4n) is 3.51. The maximum absolute atomic E-state index is 12.1. The number of nitrogens with zero attached hydrogens (tertiary/aromatic N) is 1. The van der Waals surface area contributed by atoms with Crippen LogP contribution in [-0.4, -0.2) is 47.5 Å². The van der Waals surface area contributed by atoms with Crippen LogP contribution < -0.4 is 16.2 Å². The van der Waals surface area contributed by atoms with Crippen LogP contribution in [0, 0.1) is 0 Å². The topological polar surface area (TPSA) is 79.9 Å². The van der Waals surface area contributed by atoms with Crippen LogP contribution in [0.1, 0.15) is 12.5 Å². The van der Waals surface area contributed by atoms with Crippen LogP contribution in [0.25, 0.3) is 0 Å². The largest absolute Gasteiger partial charge is 0.318 e. The lowest BCUT2D eigenvalue weighted by molar-refractivity contribution is -0.958. The first kappa shape index (κ1) is 15.3. The fraction of sp³-hybridized carbons (Fsp3) is 0.467. The summed E-state index contributed by atoms with van der Waals surface area (Å²) >= 11 is 1.67. The third-order valence-corrected chi connectivity index (χ3v) is 6.21. The number of quaternary nitrogens is 1. The molecule has 0 spiro atoms. The average Bonchev–Trinajstić information content (AvgIpc) is 2.93. The number of carbonyl (C=O) groups excluding carboxylic acids is 2. The highest BCUT2D eigenvalue weighted by Gasteiger charge is 2.55. The van der Waals surface area contributed by atoms with Crippen molar-refractivity contribution in [2.24, 2.45) is 5.84 Å². The van der Waals surface area contributed by atoms with E-state index in [9.17, 15) is 9.59 Å². The molecule has 1 aromatic rings. The quantitative estimate of drug-likeness (QED) is 0.367. The van der Waals surface area contributed by atoms with E-state index < -0.39 is 0 Å². The lowest BCUT2D eigenvalue weighted by Crippen LogP contribution is -3.23. The van der Waals surface area contributed by atoms with E-state index in [-0.39, 0.29) is 22.7 Å². The molecule has 2 aliphatic rings. The summed E-state index contributed by atoms with van der Waals surface area (Å²) in [5.41, 5.74) is 3.04. The number of rotatable bonds is 3. The second-order valence-electron chi connectivity index (χ2n) is 5.92. The fourth-order valence-corrected chi connectivity index (χ4v) is 5.02. The van der Waals surface area contributed by atoms with E-state index in [1.165, 1.54) is 0 Å². The molecule has 1 unspecified atom stereocenters. The van der Waals surface area contributed by atoms with Crippen LogP contribution in [0.15, 0.2) is 30.3 Å². The van der Waals surface area contributed by atoms with Gasteiger partial charge in [-0.05, 0) is 6.92 Å². The highest BCUT2D eigenvalue weighted by Crippen LogP contribution is 2.38. The maximum Gasteiger partial charge on any atom is 0.289 e. The average molecular weight is 321 g/mol. The number of nitrogens with two attached hydrogens (primary N) is 1. The molecule has 0 aliphatic carbocycles. The van der Waals surface area contributed by atoms with Crippen LogP contribution in [0.3, 0.4) is 0 Å². The maximum atomic E-state index is 12.1. The molecule has 6 nitrogen and oxygen atoms in total. The lowest BCUT2D eigenvalue weighted by Gasteiger charge is -2.48. The van der Waals surface area contributed by atoms with Crippen molar-refractivity contribution in [2.45, 2.75) is 17.8 Å². The number of benzene rings is 1. The molecule has 4 N–H and O–H groups in total. The van der Waals surface area contributed by atoms with E-state index >= 15 is 0 Å². The Labute approximate surface area is 134 Å². The van der Waals surface area contributed by atoms with Crippen molar-refractivity contribution in [3.63, 3.8) is 0 Å². The third-order valence-electron chi connectivity index (χ3n) is 4.76. The zero-order valence-electron chi connectivity index (χ0n) is 12.5. The zero-order chi connectivity index (χ0) is 15.7. The number of hydrazine groups is 1. The van der Waals surface area contributed by atoms with Gasteiger partial charge in [-0.15, -0.1) is 11.8 Å². The van der Waals surface area contributed by atoms with Gasteiger partial charge in [-0.3, -0.25) is 15.0 Å². The van der Waals surface area contributed by atoms with E-state index in [1.807, 2.05) is 23.1 Å². The van der Waals surface area contributed by atoms with E-state index in [2.05, 4.69) is 24.5 Å². The number of hydrogen-bond donors (Lipinski definition) is 3. The number of thioether (sulfide) groups is 1. The van der Waals surface area contributed by atoms with Crippen molar-refractivity contribution in [3.05, 3.63) is 35.9 Å². The second kappa shape index (κ2) is 5.91. The summed E-state index contributed by atoms with van der Waals surface area (Å²) in [7, 11) is 0. The molecule has 0 bridgehead atoms. The van der Waals surface area contributed by atoms with Gasteiger partial charge in [0.15, 0.2) is 12.1 Å². The van der Waals surface area contributed by atoms with Gasteiger partial charge in [-0.25, -0.2) is 5.84 Å². The Bertz CT molecular complexity index is 582. The summed E-state index contributed by atoms with van der Waals surface area (Å²) in [6.07, 6.45) is 0. The molecule has 0 radical (unpaired) electrons. The molecule has 0 aromatic heterocycles. The first-order valence-electron chi connectivity index (χ1n) is 7.38. The summed E-state index contributed by atoms with van der Waals surface area (Å²) in [4.78, 5) is 27.0. The van der Waals surface area contributed by atoms with Crippen LogP contribution in [-0.2, 0) is 15.1 Å². The second-order valence-corrected chi connectivity index (χ2v) is 6.99. The third kappa shape index (κ3) is 2.39. The van der Waals surface area contributed by atoms with Gasteiger partial charge in [0.25, 0.3) is 5.91 Å². The van der Waals surface area contributed by atoms with Crippen LogP contribution >= 0.6 is 11.8 Å². The number of carbonyl (C=O) groups is 2. The minimum absolute atomic E-state index is 0.0525. The first-order chi connectivity index (χ1) is 10.6. The molecule has 22 heavy (non-hydrogen) atoms. The molecule has 2 amide bonds. The van der Waals surface area contributed by atoms with Gasteiger partial charge in [0.05, 0.1) is 18.8 Å². The van der Waals surface area contributed by atoms with E-state index in [1.54, 1.807) is 11.8 Å². The number of piperazine rings is 1. The Morgan fingerprint density at radius 3 is 2.91 bits per heavy atom. The predicted octanol–water partition coefficient (Wildman–Crippen LogP) is -1.31. The highest BCUT2D eigenvalue weighted by atomic mass is 32.2. The molecule has 2 fully saturated rings. The van der Waals surface area contributed by atoms with Gasteiger partial charge in [0.1, 0.15) is 5.37 Å². The van der Waals surface area contributed by atoms with E-state index in [0.29, 0.717) is 18.8 Å². The molecule has 2 saturated heterocycles. The standard InChI is InChI=1S/C15H20N4O2S/c1-15(11-5-3-2-4-6-11)14-19(13(21)10-22-14)8-7-18(15)9-12(20)17-16/h2-6,14H,7-10,16H2,1H3,(H,17,20)/p+1/t14-,15-/m0/s1. The van der Waals surface area contributed by atoms with Crippen molar-refractivity contribution in [2.75, 3.05) is 25.4 Å². The summed E-state index contributed by atoms with van der Waals surface area (Å²) in [5.74, 6) is 5.79. The van der Waals surface area contributed by atoms with Gasteiger partial charge in [0.2, 0.25) is 5.91 Å². The van der Waals surface area contributed by atoms with Crippen molar-refractivity contribution in [1.29, 1.82) is 0 Å². The molecular weight excluding hydrogens is 300 g/mol. The van der Waals surface area contributed by atoms with Gasteiger partial charge in [-0.2, -0.15) is 0 Å². The summed E-state index contributed by atoms with van der Waals surface area (Å²) < 4.78 is 0. The monoisotopic (exact) mass is 321 g/mol. The van der Waals surface area contributed by atoms with Gasteiger partial charge in [-0.1, -0.05) is 30.3 Å². The number of amides is 2. The Kier molecular flexibility index (Phi) is 4.12. The lowest BCUT2D eigenvalue weighted by atomic mass is 9.87. The molecular formula is C15H21N4O2S+. The number of hydrogen-bond acceptors (Lipinski definition) is 4. The SMILES string of the molecule is C[C@]1(c2ccccc2)[C@@H]2SCC(=O)N2CC[NH+]1CC(=O)NN. The molecule has 0 saturated carbocycles. The normalized spacial score (nSPS) is 31.0. The number of nitrogens with one attached hydrogen (secondary N) is 2. The molecule has 3 atom stereocenters. The van der Waals surface area contributed by atoms with Crippen molar-refractivity contribution < 1.29 is 14.5 Å². The molecule has 3 rings (SSSR count). The summed E-state index contributed by atoms with van der Waals surface area (Å²) in [5, 5.41) is 0.0525. The zero-order valence-corrected chi connectivity index (χ0v) is 13.4. The van der Waals surface area contributed by atoms with E-state index in [4.69, 9.17) is 5.84 Å². The minimum Gasteiger partial charge on any atom is -0.318 e.